The number of anilines is 1. The Morgan fingerprint density at radius 1 is 1.61 bits per heavy atom. The molecule has 0 aliphatic heterocycles. The molecular weight excluding hydrogens is 239 g/mol. The summed E-state index contributed by atoms with van der Waals surface area (Å²) in [5.74, 6) is -0.564. The van der Waals surface area contributed by atoms with Crippen LogP contribution in [0.4, 0.5) is 10.1 Å². The number of nitrogens with two attached hydrogens (primary N) is 1. The summed E-state index contributed by atoms with van der Waals surface area (Å²) in [7, 11) is 1.73. The predicted octanol–water partition coefficient (Wildman–Crippen LogP) is 1.03. The number of nitrogens with one attached hydrogen (secondary N) is 1. The van der Waals surface area contributed by atoms with Gasteiger partial charge < -0.3 is 20.9 Å². The van der Waals surface area contributed by atoms with Gasteiger partial charge >= 0.3 is 5.97 Å². The van der Waals surface area contributed by atoms with E-state index in [0.717, 1.165) is 11.3 Å². The SMILES string of the molecule is CNc1ccc(OCCF)cc1CC(N)C(=O)O. The van der Waals surface area contributed by atoms with Gasteiger partial charge in [-0.15, -0.1) is 0 Å². The van der Waals surface area contributed by atoms with Crippen molar-refractivity contribution in [1.82, 2.24) is 0 Å². The number of halogens is 1. The van der Waals surface area contributed by atoms with Gasteiger partial charge in [-0.1, -0.05) is 0 Å². The van der Waals surface area contributed by atoms with E-state index in [1.165, 1.54) is 0 Å². The number of hydrogen-bond acceptors (Lipinski definition) is 4. The van der Waals surface area contributed by atoms with Crippen molar-refractivity contribution in [3.8, 4) is 5.75 Å². The second-order valence-electron chi connectivity index (χ2n) is 3.76. The molecule has 0 saturated carbocycles. The average molecular weight is 256 g/mol. The van der Waals surface area contributed by atoms with Gasteiger partial charge in [0.05, 0.1) is 0 Å². The standard InChI is InChI=1S/C12H17FN2O3/c1-15-11-3-2-9(18-5-4-13)6-8(11)7-10(14)12(16)17/h2-3,6,10,15H,4-5,7,14H2,1H3,(H,16,17). The highest BCUT2D eigenvalue weighted by atomic mass is 19.1. The van der Waals surface area contributed by atoms with Gasteiger partial charge in [0.25, 0.3) is 0 Å². The smallest absolute Gasteiger partial charge is 0.320 e. The van der Waals surface area contributed by atoms with Gasteiger partial charge in [0.2, 0.25) is 0 Å². The summed E-state index contributed by atoms with van der Waals surface area (Å²) in [4.78, 5) is 10.7. The summed E-state index contributed by atoms with van der Waals surface area (Å²) < 4.78 is 17.2. The normalized spacial score (nSPS) is 11.9. The molecule has 1 unspecified atom stereocenters. The number of rotatable bonds is 7. The number of alkyl halides is 1. The lowest BCUT2D eigenvalue weighted by Gasteiger charge is -2.13. The van der Waals surface area contributed by atoms with E-state index < -0.39 is 18.7 Å². The molecule has 100 valence electrons. The van der Waals surface area contributed by atoms with Crippen LogP contribution >= 0.6 is 0 Å². The summed E-state index contributed by atoms with van der Waals surface area (Å²) in [5, 5.41) is 11.7. The molecule has 4 N–H and O–H groups in total. The zero-order valence-electron chi connectivity index (χ0n) is 10.1. The fourth-order valence-corrected chi connectivity index (χ4v) is 1.55. The summed E-state index contributed by atoms with van der Waals surface area (Å²) in [6, 6.07) is 4.13. The van der Waals surface area contributed by atoms with Crippen LogP contribution in [-0.4, -0.2) is 37.4 Å². The van der Waals surface area contributed by atoms with Crippen molar-refractivity contribution in [3.63, 3.8) is 0 Å². The molecule has 5 nitrogen and oxygen atoms in total. The van der Waals surface area contributed by atoms with E-state index in [1.807, 2.05) is 0 Å². The zero-order valence-corrected chi connectivity index (χ0v) is 10.1. The summed E-state index contributed by atoms with van der Waals surface area (Å²) >= 11 is 0. The molecule has 0 saturated heterocycles. The quantitative estimate of drug-likeness (QED) is 0.678. The average Bonchev–Trinajstić information content (AvgIpc) is 2.36. The molecule has 0 spiro atoms. The van der Waals surface area contributed by atoms with E-state index in [0.29, 0.717) is 5.75 Å². The van der Waals surface area contributed by atoms with E-state index in [2.05, 4.69) is 5.32 Å². The number of ether oxygens (including phenoxy) is 1. The third-order valence-corrected chi connectivity index (χ3v) is 2.45. The molecule has 1 aromatic carbocycles. The Bertz CT molecular complexity index is 412. The minimum absolute atomic E-state index is 0.0245. The van der Waals surface area contributed by atoms with Crippen LogP contribution in [0.15, 0.2) is 18.2 Å². The fourth-order valence-electron chi connectivity index (χ4n) is 1.55. The highest BCUT2D eigenvalue weighted by Gasteiger charge is 2.15. The van der Waals surface area contributed by atoms with Crippen molar-refractivity contribution in [2.45, 2.75) is 12.5 Å². The van der Waals surface area contributed by atoms with Crippen molar-refractivity contribution in [3.05, 3.63) is 23.8 Å². The third kappa shape index (κ3) is 3.89. The minimum Gasteiger partial charge on any atom is -0.491 e. The first kappa shape index (κ1) is 14.2. The Morgan fingerprint density at radius 3 is 2.89 bits per heavy atom. The monoisotopic (exact) mass is 256 g/mol. The van der Waals surface area contributed by atoms with Crippen molar-refractivity contribution in [2.24, 2.45) is 5.73 Å². The molecular formula is C12H17FN2O3. The maximum atomic E-state index is 12.0. The van der Waals surface area contributed by atoms with Crippen LogP contribution in [0.1, 0.15) is 5.56 Å². The van der Waals surface area contributed by atoms with Gasteiger partial charge in [0.15, 0.2) is 0 Å². The molecule has 1 rings (SSSR count). The molecule has 0 aliphatic carbocycles. The lowest BCUT2D eigenvalue weighted by Crippen LogP contribution is -2.32. The lowest BCUT2D eigenvalue weighted by atomic mass is 10.0. The maximum absolute atomic E-state index is 12.0. The van der Waals surface area contributed by atoms with Crippen LogP contribution in [0.3, 0.4) is 0 Å². The molecule has 0 aliphatic rings. The summed E-state index contributed by atoms with van der Waals surface area (Å²) in [6.45, 7) is -0.596. The number of carbonyl (C=O) groups is 1. The second-order valence-corrected chi connectivity index (χ2v) is 3.76. The first-order chi connectivity index (χ1) is 8.58. The molecule has 0 amide bonds. The number of carboxylic acids is 1. The minimum atomic E-state index is -1.06. The molecule has 0 aromatic heterocycles. The van der Waals surface area contributed by atoms with E-state index >= 15 is 0 Å². The third-order valence-electron chi connectivity index (χ3n) is 2.45. The number of aliphatic carboxylic acids is 1. The number of carboxylic acid groups (broad SMARTS) is 1. The number of benzene rings is 1. The van der Waals surface area contributed by atoms with Crippen LogP contribution in [0, 0.1) is 0 Å². The Balaban J connectivity index is 2.87. The maximum Gasteiger partial charge on any atom is 0.320 e. The number of hydrogen-bond donors (Lipinski definition) is 3. The summed E-state index contributed by atoms with van der Waals surface area (Å²) in [6.07, 6.45) is 0.179. The Labute approximate surface area is 105 Å². The van der Waals surface area contributed by atoms with Crippen LogP contribution in [0.25, 0.3) is 0 Å². The first-order valence-electron chi connectivity index (χ1n) is 5.56. The Kier molecular flexibility index (Phi) is 5.38. The van der Waals surface area contributed by atoms with Gasteiger partial charge in [-0.05, 0) is 23.8 Å². The van der Waals surface area contributed by atoms with Gasteiger partial charge in [-0.25, -0.2) is 4.39 Å². The van der Waals surface area contributed by atoms with Crippen molar-refractivity contribution in [1.29, 1.82) is 0 Å². The molecule has 1 aromatic rings. The van der Waals surface area contributed by atoms with Gasteiger partial charge in [-0.3, -0.25) is 4.79 Å². The van der Waals surface area contributed by atoms with E-state index in [1.54, 1.807) is 25.2 Å². The largest absolute Gasteiger partial charge is 0.491 e. The second kappa shape index (κ2) is 6.80. The zero-order chi connectivity index (χ0) is 13.5. The van der Waals surface area contributed by atoms with Crippen LogP contribution in [0.2, 0.25) is 0 Å². The Hall–Kier alpha value is -1.82. The molecule has 0 bridgehead atoms. The first-order valence-corrected chi connectivity index (χ1v) is 5.56. The lowest BCUT2D eigenvalue weighted by molar-refractivity contribution is -0.138. The molecule has 0 fully saturated rings. The molecule has 6 heteroatoms. The highest BCUT2D eigenvalue weighted by Crippen LogP contribution is 2.23. The summed E-state index contributed by atoms with van der Waals surface area (Å²) in [5.41, 5.74) is 7.00. The van der Waals surface area contributed by atoms with Gasteiger partial charge in [0, 0.05) is 19.2 Å². The topological polar surface area (TPSA) is 84.6 Å². The predicted molar refractivity (Wildman–Crippen MR) is 66.8 cm³/mol. The van der Waals surface area contributed by atoms with E-state index in [-0.39, 0.29) is 13.0 Å². The highest BCUT2D eigenvalue weighted by molar-refractivity contribution is 5.74. The van der Waals surface area contributed by atoms with Gasteiger partial charge in [0.1, 0.15) is 25.1 Å². The van der Waals surface area contributed by atoms with E-state index in [9.17, 15) is 9.18 Å². The van der Waals surface area contributed by atoms with E-state index in [4.69, 9.17) is 15.6 Å². The molecule has 0 heterocycles. The van der Waals surface area contributed by atoms with Crippen molar-refractivity contribution >= 4 is 11.7 Å². The van der Waals surface area contributed by atoms with Crippen LogP contribution < -0.4 is 15.8 Å². The van der Waals surface area contributed by atoms with Crippen molar-refractivity contribution < 1.29 is 19.0 Å². The fraction of sp³-hybridized carbons (Fsp3) is 0.417. The molecule has 0 radical (unpaired) electrons. The van der Waals surface area contributed by atoms with Crippen LogP contribution in [-0.2, 0) is 11.2 Å². The van der Waals surface area contributed by atoms with Gasteiger partial charge in [-0.2, -0.15) is 0 Å². The Morgan fingerprint density at radius 2 is 2.33 bits per heavy atom. The molecule has 18 heavy (non-hydrogen) atoms. The van der Waals surface area contributed by atoms with Crippen molar-refractivity contribution in [2.75, 3.05) is 25.6 Å². The van der Waals surface area contributed by atoms with Crippen LogP contribution in [0.5, 0.6) is 5.75 Å². The molecule has 1 atom stereocenters.